The predicted molar refractivity (Wildman–Crippen MR) is 55.5 cm³/mol. The van der Waals surface area contributed by atoms with E-state index in [-0.39, 0.29) is 5.82 Å². The second-order valence-electron chi connectivity index (χ2n) is 3.14. The summed E-state index contributed by atoms with van der Waals surface area (Å²) in [4.78, 5) is 16.7. The van der Waals surface area contributed by atoms with Crippen molar-refractivity contribution in [1.29, 1.82) is 5.26 Å². The quantitative estimate of drug-likeness (QED) is 0.216. The molecule has 0 radical (unpaired) electrons. The molecule has 0 aromatic rings. The van der Waals surface area contributed by atoms with E-state index in [1.54, 1.807) is 33.1 Å². The van der Waals surface area contributed by atoms with E-state index in [0.717, 1.165) is 0 Å². The molecule has 0 bridgehead atoms. The molecule has 0 aromatic carbocycles. The maximum absolute atomic E-state index is 10.5. The minimum Gasteiger partial charge on any atom is -0.369 e. The summed E-state index contributed by atoms with van der Waals surface area (Å²) in [6, 6.07) is 1.51. The highest BCUT2D eigenvalue weighted by molar-refractivity contribution is 5.56. The first-order valence-electron chi connectivity index (χ1n) is 4.06. The number of nitrogens with zero attached hydrogens (tertiary/aromatic N) is 5. The van der Waals surface area contributed by atoms with Crippen molar-refractivity contribution in [3.63, 3.8) is 0 Å². The van der Waals surface area contributed by atoms with Crippen LogP contribution in [0.5, 0.6) is 0 Å². The molecule has 0 unspecified atom stereocenters. The van der Waals surface area contributed by atoms with Crippen LogP contribution in [0.2, 0.25) is 0 Å². The van der Waals surface area contributed by atoms with Gasteiger partial charge in [0.15, 0.2) is 6.07 Å². The van der Waals surface area contributed by atoms with Gasteiger partial charge in [0.1, 0.15) is 0 Å². The van der Waals surface area contributed by atoms with Crippen molar-refractivity contribution < 1.29 is 4.92 Å². The second kappa shape index (κ2) is 5.59. The van der Waals surface area contributed by atoms with Crippen molar-refractivity contribution in [1.82, 2.24) is 9.80 Å². The molecule has 0 atom stereocenters. The van der Waals surface area contributed by atoms with Crippen LogP contribution in [-0.2, 0) is 0 Å². The normalized spacial score (nSPS) is 11.9. The molecular formula is C8H13N5O2. The molecule has 0 fully saturated rings. The summed E-state index contributed by atoms with van der Waals surface area (Å²) in [6.45, 7) is 0. The number of aliphatic imine (C=N–C) groups is 1. The zero-order chi connectivity index (χ0) is 12.0. The van der Waals surface area contributed by atoms with Gasteiger partial charge in [0.25, 0.3) is 0 Å². The zero-order valence-electron chi connectivity index (χ0n) is 9.13. The van der Waals surface area contributed by atoms with Gasteiger partial charge in [-0.3, -0.25) is 10.1 Å². The van der Waals surface area contributed by atoms with E-state index < -0.39 is 10.6 Å². The third-order valence-corrected chi connectivity index (χ3v) is 1.33. The number of nitriles is 1. The van der Waals surface area contributed by atoms with E-state index >= 15 is 0 Å². The fourth-order valence-corrected chi connectivity index (χ4v) is 0.731. The van der Waals surface area contributed by atoms with Crippen molar-refractivity contribution in [3.05, 3.63) is 21.6 Å². The van der Waals surface area contributed by atoms with Crippen LogP contribution in [0.15, 0.2) is 16.5 Å². The fourth-order valence-electron chi connectivity index (χ4n) is 0.731. The average molecular weight is 211 g/mol. The van der Waals surface area contributed by atoms with Crippen molar-refractivity contribution in [3.8, 4) is 6.07 Å². The Bertz CT molecular complexity index is 337. The van der Waals surface area contributed by atoms with E-state index in [0.29, 0.717) is 0 Å². The van der Waals surface area contributed by atoms with Gasteiger partial charge in [-0.15, -0.1) is 0 Å². The average Bonchev–Trinajstić information content (AvgIpc) is 2.10. The summed E-state index contributed by atoms with van der Waals surface area (Å²) in [5.74, 6) is 0.0243. The van der Waals surface area contributed by atoms with Crippen LogP contribution in [0.25, 0.3) is 0 Å². The van der Waals surface area contributed by atoms with Crippen LogP contribution in [0.3, 0.4) is 0 Å². The van der Waals surface area contributed by atoms with Crippen molar-refractivity contribution in [2.45, 2.75) is 0 Å². The van der Waals surface area contributed by atoms with Crippen molar-refractivity contribution in [2.75, 3.05) is 28.2 Å². The van der Waals surface area contributed by atoms with Gasteiger partial charge in [-0.1, -0.05) is 0 Å². The molecule has 0 aromatic heterocycles. The van der Waals surface area contributed by atoms with Crippen LogP contribution in [-0.4, -0.2) is 49.3 Å². The Hall–Kier alpha value is -2.10. The van der Waals surface area contributed by atoms with Crippen molar-refractivity contribution >= 4 is 6.34 Å². The van der Waals surface area contributed by atoms with E-state index in [1.165, 1.54) is 17.3 Å². The molecular weight excluding hydrogens is 198 g/mol. The maximum Gasteiger partial charge on any atom is 0.387 e. The van der Waals surface area contributed by atoms with Gasteiger partial charge in [-0.2, -0.15) is 5.26 Å². The second-order valence-corrected chi connectivity index (χ2v) is 3.14. The van der Waals surface area contributed by atoms with Gasteiger partial charge in [0.05, 0.1) is 11.3 Å². The molecule has 0 aliphatic carbocycles. The van der Waals surface area contributed by atoms with Gasteiger partial charge in [0.2, 0.25) is 5.82 Å². The molecule has 0 aliphatic heterocycles. The number of rotatable bonds is 4. The first-order chi connectivity index (χ1) is 6.90. The van der Waals surface area contributed by atoms with Crippen molar-refractivity contribution in [2.24, 2.45) is 4.99 Å². The first kappa shape index (κ1) is 12.9. The summed E-state index contributed by atoms with van der Waals surface area (Å²) in [5, 5.41) is 19.1. The highest BCUT2D eigenvalue weighted by Crippen LogP contribution is 2.08. The minimum absolute atomic E-state index is 0.0243. The Morgan fingerprint density at radius 3 is 2.27 bits per heavy atom. The number of hydrogen-bond donors (Lipinski definition) is 0. The minimum atomic E-state index is -0.748. The van der Waals surface area contributed by atoms with Gasteiger partial charge in [-0.25, -0.2) is 4.99 Å². The number of allylic oxidation sites excluding steroid dienone is 1. The third kappa shape index (κ3) is 4.08. The summed E-state index contributed by atoms with van der Waals surface area (Å²) in [7, 11) is 6.64. The number of hydrogen-bond acceptors (Lipinski definition) is 5. The standard InChI is InChI=1S/C8H13N5O2/c1-11(2)6-10-8(12(3)4)7(5-9)13(14)15/h6H,1-4H3/b8-7-,10-6+. The largest absolute Gasteiger partial charge is 0.387 e. The predicted octanol–water partition coefficient (Wildman–Crippen LogP) is 0.107. The van der Waals surface area contributed by atoms with Crippen LogP contribution < -0.4 is 0 Å². The molecule has 7 heteroatoms. The van der Waals surface area contributed by atoms with Crippen LogP contribution in [0, 0.1) is 21.4 Å². The summed E-state index contributed by atoms with van der Waals surface area (Å²) in [5.41, 5.74) is -0.571. The SMILES string of the molecule is CN(C)/C=N/C(=C(\C#N)[N+](=O)[O-])N(C)C. The molecule has 7 nitrogen and oxygen atoms in total. The topological polar surface area (TPSA) is 85.8 Å². The lowest BCUT2D eigenvalue weighted by atomic mass is 10.4. The fraction of sp³-hybridized carbons (Fsp3) is 0.500. The third-order valence-electron chi connectivity index (χ3n) is 1.33. The Morgan fingerprint density at radius 2 is 2.00 bits per heavy atom. The van der Waals surface area contributed by atoms with E-state index in [2.05, 4.69) is 4.99 Å². The molecule has 0 N–H and O–H groups in total. The molecule has 0 saturated heterocycles. The molecule has 0 aliphatic rings. The molecule has 0 saturated carbocycles. The lowest BCUT2D eigenvalue weighted by Crippen LogP contribution is -2.17. The van der Waals surface area contributed by atoms with Crippen LogP contribution >= 0.6 is 0 Å². The molecule has 82 valence electrons. The van der Waals surface area contributed by atoms with Gasteiger partial charge in [-0.05, 0) is 0 Å². The molecule has 0 rings (SSSR count). The highest BCUT2D eigenvalue weighted by atomic mass is 16.6. The van der Waals surface area contributed by atoms with E-state index in [1.807, 2.05) is 0 Å². The smallest absolute Gasteiger partial charge is 0.369 e. The Labute approximate surface area is 88.1 Å². The summed E-state index contributed by atoms with van der Waals surface area (Å²) in [6.07, 6.45) is 1.40. The lowest BCUT2D eigenvalue weighted by Gasteiger charge is -2.11. The lowest BCUT2D eigenvalue weighted by molar-refractivity contribution is -0.419. The Balaban J connectivity index is 5.29. The van der Waals surface area contributed by atoms with E-state index in [9.17, 15) is 10.1 Å². The van der Waals surface area contributed by atoms with Gasteiger partial charge < -0.3 is 9.80 Å². The monoisotopic (exact) mass is 211 g/mol. The van der Waals surface area contributed by atoms with Gasteiger partial charge >= 0.3 is 5.70 Å². The van der Waals surface area contributed by atoms with Gasteiger partial charge in [0, 0.05) is 28.2 Å². The Morgan fingerprint density at radius 1 is 1.47 bits per heavy atom. The first-order valence-corrected chi connectivity index (χ1v) is 4.06. The summed E-state index contributed by atoms with van der Waals surface area (Å²) < 4.78 is 0. The zero-order valence-corrected chi connectivity index (χ0v) is 9.13. The molecule has 0 amide bonds. The molecule has 15 heavy (non-hydrogen) atoms. The molecule has 0 heterocycles. The molecule has 0 spiro atoms. The summed E-state index contributed by atoms with van der Waals surface area (Å²) >= 11 is 0. The highest BCUT2D eigenvalue weighted by Gasteiger charge is 2.19. The van der Waals surface area contributed by atoms with Crippen LogP contribution in [0.1, 0.15) is 0 Å². The van der Waals surface area contributed by atoms with Crippen LogP contribution in [0.4, 0.5) is 0 Å². The van der Waals surface area contributed by atoms with E-state index in [4.69, 9.17) is 5.26 Å². The maximum atomic E-state index is 10.5. The number of nitro groups is 1. The Kier molecular flexibility index (Phi) is 4.81.